The first kappa shape index (κ1) is 59.3. The van der Waals surface area contributed by atoms with E-state index in [4.69, 9.17) is 9.47 Å². The van der Waals surface area contributed by atoms with E-state index in [-0.39, 0.29) is 21.7 Å². The highest BCUT2D eigenvalue weighted by atomic mass is 16.5. The quantitative estimate of drug-likeness (QED) is 0.0445. The van der Waals surface area contributed by atoms with E-state index in [1.165, 1.54) is 121 Å². The van der Waals surface area contributed by atoms with E-state index in [0.717, 1.165) is 143 Å². The third-order valence-corrected chi connectivity index (χ3v) is 23.5. The van der Waals surface area contributed by atoms with Crippen LogP contribution in [-0.2, 0) is 44.0 Å². The van der Waals surface area contributed by atoms with Gasteiger partial charge in [-0.25, -0.2) is 0 Å². The largest absolute Gasteiger partial charge is 0.381 e. The van der Waals surface area contributed by atoms with E-state index in [1.54, 1.807) is 0 Å². The van der Waals surface area contributed by atoms with Crippen LogP contribution in [0.1, 0.15) is 142 Å². The van der Waals surface area contributed by atoms with E-state index in [0.29, 0.717) is 0 Å². The molecule has 1 heterocycles. The molecule has 468 valence electrons. The third-order valence-electron chi connectivity index (χ3n) is 23.5. The van der Waals surface area contributed by atoms with Gasteiger partial charge in [-0.15, -0.1) is 0 Å². The van der Waals surface area contributed by atoms with Crippen LogP contribution in [0.4, 0.5) is 0 Å². The predicted octanol–water partition coefficient (Wildman–Crippen LogP) is 19.6. The molecule has 7 aliphatic rings. The smallest absolute Gasteiger partial charge is 0.0469 e. The first-order valence-electron chi connectivity index (χ1n) is 35.6. The van der Waals surface area contributed by atoms with Gasteiger partial charge in [0.05, 0.1) is 0 Å². The zero-order chi connectivity index (χ0) is 62.5. The summed E-state index contributed by atoms with van der Waals surface area (Å²) in [6.45, 7) is 9.76. The lowest BCUT2D eigenvalue weighted by Crippen LogP contribution is -2.52. The van der Waals surface area contributed by atoms with Gasteiger partial charge in [0.25, 0.3) is 0 Å². The second-order valence-electron chi connectivity index (χ2n) is 28.0. The Labute approximate surface area is 556 Å². The van der Waals surface area contributed by atoms with Crippen LogP contribution in [0.3, 0.4) is 0 Å². The summed E-state index contributed by atoms with van der Waals surface area (Å²) in [4.78, 5) is 5.55. The normalized spacial score (nSPS) is 20.7. The molecule has 4 nitrogen and oxygen atoms in total. The molecular weight excluding hydrogens is 1140 g/mol. The molecule has 12 aromatic rings. The number of hydrogen-bond acceptors (Lipinski definition) is 4. The van der Waals surface area contributed by atoms with Crippen molar-refractivity contribution in [2.75, 3.05) is 65.7 Å². The lowest BCUT2D eigenvalue weighted by molar-refractivity contribution is 0.124. The molecule has 1 aliphatic heterocycles. The molecule has 4 heteroatoms. The summed E-state index contributed by atoms with van der Waals surface area (Å²) in [6.07, 6.45) is 12.5. The monoisotopic (exact) mass is 1230 g/mol. The maximum atomic E-state index is 6.60. The number of ether oxygens (including phenoxy) is 2. The molecule has 0 aromatic heterocycles. The molecular formula is C90H86N2O2. The molecule has 0 atom stereocenters. The van der Waals surface area contributed by atoms with E-state index >= 15 is 0 Å². The zero-order valence-corrected chi connectivity index (χ0v) is 54.5. The summed E-state index contributed by atoms with van der Waals surface area (Å²) in [6, 6.07) is 97.6. The van der Waals surface area contributed by atoms with Crippen LogP contribution >= 0.6 is 0 Å². The maximum Gasteiger partial charge on any atom is 0.0469 e. The van der Waals surface area contributed by atoms with Crippen LogP contribution in [0, 0.1) is 0 Å². The highest BCUT2D eigenvalue weighted by Crippen LogP contribution is 2.66. The number of benzene rings is 12. The van der Waals surface area contributed by atoms with Gasteiger partial charge in [0, 0.05) is 74.3 Å². The van der Waals surface area contributed by atoms with Crippen LogP contribution in [-0.4, -0.2) is 75.5 Å². The second-order valence-corrected chi connectivity index (χ2v) is 28.0. The van der Waals surface area contributed by atoms with Crippen LogP contribution in [0.5, 0.6) is 0 Å². The molecule has 0 saturated carbocycles. The number of aryl methyl sites for hydroxylation is 2. The second kappa shape index (κ2) is 25.0. The minimum Gasteiger partial charge on any atom is -0.381 e. The molecule has 0 amide bonds. The summed E-state index contributed by atoms with van der Waals surface area (Å²) >= 11 is 0. The summed E-state index contributed by atoms with van der Waals surface area (Å²) in [5.74, 6) is 0. The van der Waals surface area contributed by atoms with Crippen molar-refractivity contribution in [3.8, 4) is 0 Å². The van der Waals surface area contributed by atoms with Crippen LogP contribution in [0.2, 0.25) is 0 Å². The lowest BCUT2D eigenvalue weighted by Gasteiger charge is -2.57. The summed E-state index contributed by atoms with van der Waals surface area (Å²) < 4.78 is 13.2. The van der Waals surface area contributed by atoms with Crippen molar-refractivity contribution in [3.63, 3.8) is 0 Å². The Hall–Kier alpha value is -8.48. The molecule has 94 heavy (non-hydrogen) atoms. The van der Waals surface area contributed by atoms with E-state index in [2.05, 4.69) is 265 Å². The highest BCUT2D eigenvalue weighted by molar-refractivity contribution is 6.03. The average Bonchev–Trinajstić information content (AvgIpc) is 0.669. The Bertz CT molecular complexity index is 4130. The molecule has 1 fully saturated rings. The molecule has 0 N–H and O–H groups in total. The standard InChI is InChI=1S/C90H86N2O2/c1-5-31-69-65(27-1)63-66-28-2-6-32-70(66)73(69)35-21-59-93-61-25-51-89-81-43-15-9-37-75(81)87(76-38-10-16-44-82(76)89,77-39-11-17-45-83(77)89)49-23-53-91-55-57-92(58-56-91)54-24-50-88-78-40-12-18-46-84(78)90(85-47-19-13-41-79(85)88,86-48-20-14-42-80(86)88)52-26-62-94-60-22-36-74-71-33-7-3-29-67(71)64-68-30-4-8-34-72(68)74/h1-20,27-34,37-48,63-64H,21-26,35-36,49-62H2. The highest BCUT2D eigenvalue weighted by Gasteiger charge is 2.59. The Morgan fingerprint density at radius 1 is 0.245 bits per heavy atom. The number of hydrogen-bond donors (Lipinski definition) is 0. The maximum absolute atomic E-state index is 6.60. The number of rotatable bonds is 24. The molecule has 0 radical (unpaired) electrons. The van der Waals surface area contributed by atoms with E-state index in [9.17, 15) is 0 Å². The fraction of sp³-hybridized carbons (Fsp3) is 0.289. The fourth-order valence-electron chi connectivity index (χ4n) is 19.6. The predicted molar refractivity (Wildman–Crippen MR) is 389 cm³/mol. The van der Waals surface area contributed by atoms with Crippen LogP contribution in [0.25, 0.3) is 43.1 Å². The van der Waals surface area contributed by atoms with Crippen molar-refractivity contribution in [1.82, 2.24) is 9.80 Å². The number of fused-ring (bicyclic) bond motifs is 4. The summed E-state index contributed by atoms with van der Waals surface area (Å²) in [5.41, 5.74) is 20.3. The van der Waals surface area contributed by atoms with Crippen molar-refractivity contribution in [1.29, 1.82) is 0 Å². The van der Waals surface area contributed by atoms with Gasteiger partial charge in [0.2, 0.25) is 0 Å². The van der Waals surface area contributed by atoms with Gasteiger partial charge < -0.3 is 19.3 Å². The van der Waals surface area contributed by atoms with E-state index in [1.807, 2.05) is 0 Å². The van der Waals surface area contributed by atoms with Gasteiger partial charge >= 0.3 is 0 Å². The number of nitrogens with zero attached hydrogens (tertiary/aromatic N) is 2. The topological polar surface area (TPSA) is 24.9 Å². The molecule has 0 unspecified atom stereocenters. The van der Waals surface area contributed by atoms with Crippen molar-refractivity contribution in [2.24, 2.45) is 0 Å². The Kier molecular flexibility index (Phi) is 15.8. The fourth-order valence-corrected chi connectivity index (χ4v) is 19.6. The molecule has 0 spiro atoms. The van der Waals surface area contributed by atoms with Gasteiger partial charge in [-0.05, 0) is 223 Å². The zero-order valence-electron chi connectivity index (χ0n) is 54.5. The minimum atomic E-state index is -0.214. The SMILES string of the molecule is c1ccc2c(c1)C1(CCCOCCCc3c4ccccc4cc4ccccc34)c3ccccc3C2(CCCN2CCN(CCCC34c5ccccc5C(CCCOCCCc5c6ccccc6cc6ccccc56)(c5ccccc53)c3ccccc34)CC2)c2ccccc21. The van der Waals surface area contributed by atoms with Gasteiger partial charge in [-0.2, -0.15) is 0 Å². The van der Waals surface area contributed by atoms with Crippen molar-refractivity contribution in [3.05, 3.63) is 333 Å². The molecule has 1 saturated heterocycles. The van der Waals surface area contributed by atoms with Crippen molar-refractivity contribution < 1.29 is 9.47 Å². The lowest BCUT2D eigenvalue weighted by atomic mass is 9.45. The molecule has 4 bridgehead atoms. The van der Waals surface area contributed by atoms with E-state index < -0.39 is 0 Å². The Morgan fingerprint density at radius 2 is 0.457 bits per heavy atom. The Morgan fingerprint density at radius 3 is 0.713 bits per heavy atom. The van der Waals surface area contributed by atoms with Gasteiger partial charge in [-0.1, -0.05) is 243 Å². The Balaban J connectivity index is 0.535. The average molecular weight is 1230 g/mol. The summed E-state index contributed by atoms with van der Waals surface area (Å²) in [7, 11) is 0. The van der Waals surface area contributed by atoms with Crippen LogP contribution in [0.15, 0.2) is 255 Å². The van der Waals surface area contributed by atoms with Crippen molar-refractivity contribution >= 4 is 43.1 Å². The molecule has 12 aromatic carbocycles. The summed E-state index contributed by atoms with van der Waals surface area (Å²) in [5, 5.41) is 10.7. The minimum absolute atomic E-state index is 0.187. The molecule has 19 rings (SSSR count). The first-order chi connectivity index (χ1) is 46.6. The van der Waals surface area contributed by atoms with Gasteiger partial charge in [0.1, 0.15) is 0 Å². The van der Waals surface area contributed by atoms with Gasteiger partial charge in [-0.3, -0.25) is 0 Å². The molecule has 6 aliphatic carbocycles. The first-order valence-corrected chi connectivity index (χ1v) is 35.6. The number of piperazine rings is 1. The third kappa shape index (κ3) is 9.59. The van der Waals surface area contributed by atoms with Crippen molar-refractivity contribution in [2.45, 2.75) is 98.7 Å². The van der Waals surface area contributed by atoms with Gasteiger partial charge in [0.15, 0.2) is 0 Å². The van der Waals surface area contributed by atoms with Crippen LogP contribution < -0.4 is 0 Å².